The number of urea groups is 1. The van der Waals surface area contributed by atoms with E-state index < -0.39 is 0 Å². The summed E-state index contributed by atoms with van der Waals surface area (Å²) in [5.74, 6) is -0.252. The van der Waals surface area contributed by atoms with Gasteiger partial charge < -0.3 is 15.1 Å². The molecule has 0 saturated carbocycles. The van der Waals surface area contributed by atoms with Crippen molar-refractivity contribution >= 4 is 6.03 Å². The van der Waals surface area contributed by atoms with Crippen molar-refractivity contribution in [3.8, 4) is 0 Å². The molecule has 0 aliphatic carbocycles. The van der Waals surface area contributed by atoms with Crippen LogP contribution in [-0.4, -0.2) is 48.1 Å². The first-order valence-corrected chi connectivity index (χ1v) is 8.68. The lowest BCUT2D eigenvalue weighted by molar-refractivity contribution is 0.172. The first-order chi connectivity index (χ1) is 11.1. The highest BCUT2D eigenvalue weighted by Gasteiger charge is 2.31. The molecule has 0 bridgehead atoms. The summed E-state index contributed by atoms with van der Waals surface area (Å²) in [5, 5.41) is 3.06. The quantitative estimate of drug-likeness (QED) is 0.925. The molecule has 2 atom stereocenters. The van der Waals surface area contributed by atoms with Gasteiger partial charge in [-0.05, 0) is 63.4 Å². The van der Waals surface area contributed by atoms with Crippen LogP contribution in [0, 0.1) is 5.82 Å². The standard InChI is InChI=1S/C18H26FN3O/c1-14(15-6-8-16(19)9-7-15)20-18(23)22-12-4-5-17(22)13-21-10-2-3-11-21/h6-9,14,17H,2-5,10-13H2,1H3,(H,20,23)/t14-,17-/m1/s1. The summed E-state index contributed by atoms with van der Waals surface area (Å²) >= 11 is 0. The minimum absolute atomic E-state index is 0.00326. The summed E-state index contributed by atoms with van der Waals surface area (Å²) in [7, 11) is 0. The molecular weight excluding hydrogens is 293 g/mol. The van der Waals surface area contributed by atoms with E-state index in [0.29, 0.717) is 6.04 Å². The molecule has 2 amide bonds. The zero-order valence-electron chi connectivity index (χ0n) is 13.8. The normalized spacial score (nSPS) is 23.2. The van der Waals surface area contributed by atoms with Crippen LogP contribution >= 0.6 is 0 Å². The molecule has 0 unspecified atom stereocenters. The van der Waals surface area contributed by atoms with Gasteiger partial charge in [-0.1, -0.05) is 12.1 Å². The van der Waals surface area contributed by atoms with Gasteiger partial charge in [-0.3, -0.25) is 0 Å². The molecule has 0 aromatic heterocycles. The second kappa shape index (κ2) is 7.30. The topological polar surface area (TPSA) is 35.6 Å². The number of halogens is 1. The zero-order chi connectivity index (χ0) is 16.2. The van der Waals surface area contributed by atoms with Crippen molar-refractivity contribution in [3.63, 3.8) is 0 Å². The van der Waals surface area contributed by atoms with Crippen LogP contribution < -0.4 is 5.32 Å². The van der Waals surface area contributed by atoms with Crippen molar-refractivity contribution in [3.05, 3.63) is 35.6 Å². The molecule has 0 radical (unpaired) electrons. The van der Waals surface area contributed by atoms with Crippen LogP contribution in [0.2, 0.25) is 0 Å². The molecule has 0 spiro atoms. The predicted octanol–water partition coefficient (Wildman–Crippen LogP) is 3.16. The lowest BCUT2D eigenvalue weighted by Crippen LogP contribution is -2.47. The summed E-state index contributed by atoms with van der Waals surface area (Å²) < 4.78 is 13.0. The Morgan fingerprint density at radius 1 is 1.22 bits per heavy atom. The minimum Gasteiger partial charge on any atom is -0.331 e. The smallest absolute Gasteiger partial charge is 0.318 e. The van der Waals surface area contributed by atoms with Crippen molar-refractivity contribution in [2.75, 3.05) is 26.2 Å². The van der Waals surface area contributed by atoms with Gasteiger partial charge in [0, 0.05) is 19.1 Å². The van der Waals surface area contributed by atoms with E-state index in [2.05, 4.69) is 10.2 Å². The summed E-state index contributed by atoms with van der Waals surface area (Å²) in [4.78, 5) is 17.1. The largest absolute Gasteiger partial charge is 0.331 e. The van der Waals surface area contributed by atoms with Gasteiger partial charge >= 0.3 is 6.03 Å². The molecule has 2 heterocycles. The van der Waals surface area contributed by atoms with Crippen LogP contribution in [0.3, 0.4) is 0 Å². The van der Waals surface area contributed by atoms with Gasteiger partial charge in [-0.2, -0.15) is 0 Å². The number of carbonyl (C=O) groups excluding carboxylic acids is 1. The van der Waals surface area contributed by atoms with E-state index in [9.17, 15) is 9.18 Å². The summed E-state index contributed by atoms with van der Waals surface area (Å²) in [6, 6.07) is 6.54. The Bertz CT molecular complexity index is 528. The van der Waals surface area contributed by atoms with Crippen LogP contribution in [0.15, 0.2) is 24.3 Å². The van der Waals surface area contributed by atoms with Crippen LogP contribution in [0.25, 0.3) is 0 Å². The SMILES string of the molecule is C[C@@H](NC(=O)N1CCC[C@@H]1CN1CCCC1)c1ccc(F)cc1. The molecule has 23 heavy (non-hydrogen) atoms. The average molecular weight is 319 g/mol. The van der Waals surface area contributed by atoms with Gasteiger partial charge in [0.05, 0.1) is 6.04 Å². The fourth-order valence-electron chi connectivity index (χ4n) is 3.66. The number of rotatable bonds is 4. The number of hydrogen-bond acceptors (Lipinski definition) is 2. The maximum atomic E-state index is 13.0. The number of amides is 2. The summed E-state index contributed by atoms with van der Waals surface area (Å²) in [6.45, 7) is 6.10. The summed E-state index contributed by atoms with van der Waals surface area (Å²) in [6.07, 6.45) is 4.73. The first-order valence-electron chi connectivity index (χ1n) is 8.68. The Hall–Kier alpha value is -1.62. The molecule has 1 aromatic carbocycles. The van der Waals surface area contributed by atoms with Crippen molar-refractivity contribution in [2.24, 2.45) is 0 Å². The molecule has 2 fully saturated rings. The zero-order valence-corrected chi connectivity index (χ0v) is 13.8. The Labute approximate surface area is 137 Å². The van der Waals surface area contributed by atoms with Crippen LogP contribution in [0.1, 0.15) is 44.2 Å². The number of hydrogen-bond donors (Lipinski definition) is 1. The first kappa shape index (κ1) is 16.2. The van der Waals surface area contributed by atoms with Gasteiger partial charge in [0.2, 0.25) is 0 Å². The fourth-order valence-corrected chi connectivity index (χ4v) is 3.66. The highest BCUT2D eigenvalue weighted by Crippen LogP contribution is 2.21. The molecule has 3 rings (SSSR count). The third kappa shape index (κ3) is 4.02. The van der Waals surface area contributed by atoms with E-state index in [1.807, 2.05) is 11.8 Å². The van der Waals surface area contributed by atoms with E-state index >= 15 is 0 Å². The van der Waals surface area contributed by atoms with Gasteiger partial charge in [-0.15, -0.1) is 0 Å². The number of likely N-dealkylation sites (tertiary alicyclic amines) is 2. The van der Waals surface area contributed by atoms with E-state index in [1.165, 1.54) is 25.0 Å². The monoisotopic (exact) mass is 319 g/mol. The molecule has 2 aliphatic heterocycles. The maximum Gasteiger partial charge on any atom is 0.318 e. The Morgan fingerprint density at radius 2 is 1.91 bits per heavy atom. The van der Waals surface area contributed by atoms with Gasteiger partial charge in [-0.25, -0.2) is 9.18 Å². The average Bonchev–Trinajstić information content (AvgIpc) is 3.20. The number of benzene rings is 1. The van der Waals surface area contributed by atoms with Gasteiger partial charge in [0.25, 0.3) is 0 Å². The third-order valence-electron chi connectivity index (χ3n) is 5.02. The third-order valence-corrected chi connectivity index (χ3v) is 5.02. The Kier molecular flexibility index (Phi) is 5.16. The number of nitrogens with zero attached hydrogens (tertiary/aromatic N) is 2. The lowest BCUT2D eigenvalue weighted by atomic mass is 10.1. The van der Waals surface area contributed by atoms with Crippen LogP contribution in [-0.2, 0) is 0 Å². The lowest BCUT2D eigenvalue weighted by Gasteiger charge is -2.29. The van der Waals surface area contributed by atoms with E-state index in [4.69, 9.17) is 0 Å². The Morgan fingerprint density at radius 3 is 2.61 bits per heavy atom. The number of nitrogens with one attached hydrogen (secondary N) is 1. The van der Waals surface area contributed by atoms with Crippen molar-refractivity contribution < 1.29 is 9.18 Å². The highest BCUT2D eigenvalue weighted by molar-refractivity contribution is 5.75. The van der Waals surface area contributed by atoms with Gasteiger partial charge in [0.1, 0.15) is 5.82 Å². The molecule has 5 heteroatoms. The van der Waals surface area contributed by atoms with Crippen molar-refractivity contribution in [1.29, 1.82) is 0 Å². The summed E-state index contributed by atoms with van der Waals surface area (Å²) in [5.41, 5.74) is 0.926. The minimum atomic E-state index is -0.252. The van der Waals surface area contributed by atoms with Crippen molar-refractivity contribution in [1.82, 2.24) is 15.1 Å². The van der Waals surface area contributed by atoms with Crippen LogP contribution in [0.4, 0.5) is 9.18 Å². The van der Waals surface area contributed by atoms with E-state index in [1.54, 1.807) is 12.1 Å². The second-order valence-electron chi connectivity index (χ2n) is 6.72. The second-order valence-corrected chi connectivity index (χ2v) is 6.72. The van der Waals surface area contributed by atoms with Gasteiger partial charge in [0.15, 0.2) is 0 Å². The molecule has 2 aliphatic rings. The van der Waals surface area contributed by atoms with Crippen molar-refractivity contribution in [2.45, 2.75) is 44.7 Å². The Balaban J connectivity index is 1.56. The van der Waals surface area contributed by atoms with Crippen LogP contribution in [0.5, 0.6) is 0 Å². The molecule has 1 aromatic rings. The van der Waals surface area contributed by atoms with E-state index in [0.717, 1.165) is 44.6 Å². The molecule has 2 saturated heterocycles. The molecule has 126 valence electrons. The molecule has 4 nitrogen and oxygen atoms in total. The molecule has 1 N–H and O–H groups in total. The highest BCUT2D eigenvalue weighted by atomic mass is 19.1. The predicted molar refractivity (Wildman–Crippen MR) is 88.7 cm³/mol. The molecular formula is C18H26FN3O. The maximum absolute atomic E-state index is 13.0. The fraction of sp³-hybridized carbons (Fsp3) is 0.611. The van der Waals surface area contributed by atoms with E-state index in [-0.39, 0.29) is 17.9 Å². The number of carbonyl (C=O) groups is 1.